The van der Waals surface area contributed by atoms with E-state index in [2.05, 4.69) is 9.72 Å². The van der Waals surface area contributed by atoms with Gasteiger partial charge in [-0.3, -0.25) is 0 Å². The van der Waals surface area contributed by atoms with Crippen molar-refractivity contribution < 1.29 is 19.6 Å². The number of ether oxygens (including phenoxy) is 1. The molecule has 0 fully saturated rings. The van der Waals surface area contributed by atoms with E-state index in [1.165, 1.54) is 13.2 Å². The lowest BCUT2D eigenvalue weighted by Crippen LogP contribution is -2.35. The van der Waals surface area contributed by atoms with Gasteiger partial charge in [0.25, 0.3) is 0 Å². The number of esters is 1. The second-order valence-corrected chi connectivity index (χ2v) is 2.85. The summed E-state index contributed by atoms with van der Waals surface area (Å²) in [6, 6.07) is 1.21. The third-order valence-electron chi connectivity index (χ3n) is 1.58. The minimum atomic E-state index is -1.78. The minimum Gasteiger partial charge on any atom is -0.465 e. The molecule has 1 rings (SSSR count). The van der Waals surface area contributed by atoms with Crippen LogP contribution in [0, 0.1) is 0 Å². The van der Waals surface area contributed by atoms with Crippen molar-refractivity contribution in [2.45, 2.75) is 0 Å². The molecule has 0 saturated carbocycles. The Kier molecular flexibility index (Phi) is 3.46. The molecular weight excluding hydrogens is 208 g/mol. The molecule has 74 valence electrons. The summed E-state index contributed by atoms with van der Waals surface area (Å²) in [7, 11) is -0.599. The minimum absolute atomic E-state index is 0.0116. The van der Waals surface area contributed by atoms with E-state index in [-0.39, 0.29) is 16.2 Å². The summed E-state index contributed by atoms with van der Waals surface area (Å²) in [5.74, 6) is -0.697. The average molecular weight is 215 g/mol. The molecule has 0 atom stereocenters. The van der Waals surface area contributed by atoms with E-state index in [9.17, 15) is 4.79 Å². The second-order valence-electron chi connectivity index (χ2n) is 2.46. The first-order valence-electron chi connectivity index (χ1n) is 3.66. The van der Waals surface area contributed by atoms with E-state index in [1.54, 1.807) is 0 Å². The van der Waals surface area contributed by atoms with E-state index in [0.29, 0.717) is 0 Å². The molecule has 0 spiro atoms. The molecule has 0 aliphatic heterocycles. The summed E-state index contributed by atoms with van der Waals surface area (Å²) >= 11 is 5.54. The van der Waals surface area contributed by atoms with Gasteiger partial charge in [0.1, 0.15) is 5.15 Å². The van der Waals surface area contributed by atoms with Crippen LogP contribution in [-0.2, 0) is 4.74 Å². The average Bonchev–Trinajstić information content (AvgIpc) is 2.16. The first-order valence-corrected chi connectivity index (χ1v) is 4.04. The monoisotopic (exact) mass is 215 g/mol. The number of methoxy groups -OCH3 is 1. The zero-order valence-electron chi connectivity index (χ0n) is 7.27. The molecule has 0 bridgehead atoms. The van der Waals surface area contributed by atoms with Crippen LogP contribution in [0.3, 0.4) is 0 Å². The van der Waals surface area contributed by atoms with Gasteiger partial charge >= 0.3 is 13.1 Å². The molecule has 0 aliphatic rings. The Morgan fingerprint density at radius 3 is 2.79 bits per heavy atom. The Balaban J connectivity index is 3.22. The Morgan fingerprint density at radius 2 is 2.29 bits per heavy atom. The standard InChI is InChI=1S/C7H7BClNO4/c1-14-7(11)4-2-6(9)10-3-5(4)8(12)13/h2-3,12-13H,1H3. The number of halogens is 1. The van der Waals surface area contributed by atoms with Gasteiger partial charge in [-0.05, 0) is 6.07 Å². The summed E-state index contributed by atoms with van der Waals surface area (Å²) < 4.78 is 4.43. The Labute approximate surface area is 85.4 Å². The predicted molar refractivity (Wildman–Crippen MR) is 50.4 cm³/mol. The number of aromatic nitrogens is 1. The molecule has 0 aromatic carbocycles. The summed E-state index contributed by atoms with van der Waals surface area (Å²) in [6.45, 7) is 0. The van der Waals surface area contributed by atoms with Crippen molar-refractivity contribution in [2.24, 2.45) is 0 Å². The molecule has 0 amide bonds. The fraction of sp³-hybridized carbons (Fsp3) is 0.143. The topological polar surface area (TPSA) is 79.7 Å². The summed E-state index contributed by atoms with van der Waals surface area (Å²) in [6.07, 6.45) is 1.11. The van der Waals surface area contributed by atoms with Crippen molar-refractivity contribution in [1.82, 2.24) is 4.98 Å². The predicted octanol–water partition coefficient (Wildman–Crippen LogP) is -0.799. The van der Waals surface area contributed by atoms with Crippen molar-refractivity contribution in [3.63, 3.8) is 0 Å². The molecule has 1 aromatic rings. The van der Waals surface area contributed by atoms with E-state index < -0.39 is 13.1 Å². The first-order chi connectivity index (χ1) is 6.56. The molecule has 5 nitrogen and oxygen atoms in total. The van der Waals surface area contributed by atoms with Crippen LogP contribution < -0.4 is 5.46 Å². The molecule has 7 heteroatoms. The van der Waals surface area contributed by atoms with Gasteiger partial charge in [-0.15, -0.1) is 0 Å². The van der Waals surface area contributed by atoms with Gasteiger partial charge in [-0.1, -0.05) is 11.6 Å². The van der Waals surface area contributed by atoms with Crippen LogP contribution in [0.5, 0.6) is 0 Å². The highest BCUT2D eigenvalue weighted by atomic mass is 35.5. The quantitative estimate of drug-likeness (QED) is 0.384. The number of hydrogen-bond acceptors (Lipinski definition) is 5. The van der Waals surface area contributed by atoms with Gasteiger partial charge in [0.2, 0.25) is 0 Å². The van der Waals surface area contributed by atoms with Crippen LogP contribution in [0.25, 0.3) is 0 Å². The van der Waals surface area contributed by atoms with E-state index in [4.69, 9.17) is 21.6 Å². The van der Waals surface area contributed by atoms with Crippen LogP contribution in [0.1, 0.15) is 10.4 Å². The third-order valence-corrected chi connectivity index (χ3v) is 1.79. The summed E-state index contributed by atoms with van der Waals surface area (Å²) in [5, 5.41) is 17.9. The summed E-state index contributed by atoms with van der Waals surface area (Å²) in [4.78, 5) is 14.8. The van der Waals surface area contributed by atoms with Crippen molar-refractivity contribution in [3.8, 4) is 0 Å². The lowest BCUT2D eigenvalue weighted by Gasteiger charge is -2.06. The number of carbonyl (C=O) groups excluding carboxylic acids is 1. The molecule has 14 heavy (non-hydrogen) atoms. The zero-order chi connectivity index (χ0) is 10.7. The Morgan fingerprint density at radius 1 is 1.64 bits per heavy atom. The molecule has 1 heterocycles. The number of hydrogen-bond donors (Lipinski definition) is 2. The van der Waals surface area contributed by atoms with E-state index >= 15 is 0 Å². The van der Waals surface area contributed by atoms with Crippen molar-refractivity contribution in [3.05, 3.63) is 23.0 Å². The second kappa shape index (κ2) is 4.41. The maximum Gasteiger partial charge on any atom is 0.490 e. The normalized spacial score (nSPS) is 9.71. The largest absolute Gasteiger partial charge is 0.490 e. The molecule has 0 saturated heterocycles. The van der Waals surface area contributed by atoms with Gasteiger partial charge < -0.3 is 14.8 Å². The maximum atomic E-state index is 11.2. The molecular formula is C7H7BClNO4. The highest BCUT2D eigenvalue weighted by Gasteiger charge is 2.21. The molecule has 0 unspecified atom stereocenters. The van der Waals surface area contributed by atoms with Crippen LogP contribution in [0.15, 0.2) is 12.3 Å². The van der Waals surface area contributed by atoms with Gasteiger partial charge in [0.05, 0.1) is 12.7 Å². The van der Waals surface area contributed by atoms with Crippen molar-refractivity contribution >= 4 is 30.2 Å². The summed E-state index contributed by atoms with van der Waals surface area (Å²) in [5.41, 5.74) is -0.0521. The lowest BCUT2D eigenvalue weighted by molar-refractivity contribution is 0.0601. The van der Waals surface area contributed by atoms with Crippen LogP contribution in [0.4, 0.5) is 0 Å². The molecule has 0 aliphatic carbocycles. The molecule has 1 aromatic heterocycles. The highest BCUT2D eigenvalue weighted by Crippen LogP contribution is 2.06. The van der Waals surface area contributed by atoms with Crippen LogP contribution >= 0.6 is 11.6 Å². The SMILES string of the molecule is COC(=O)c1cc(Cl)ncc1B(O)O. The maximum absolute atomic E-state index is 11.2. The fourth-order valence-corrected chi connectivity index (χ4v) is 1.09. The van der Waals surface area contributed by atoms with Gasteiger partial charge in [0, 0.05) is 11.7 Å². The number of carbonyl (C=O) groups is 1. The van der Waals surface area contributed by atoms with Gasteiger partial charge in [-0.25, -0.2) is 9.78 Å². The van der Waals surface area contributed by atoms with E-state index in [1.807, 2.05) is 0 Å². The number of nitrogens with zero attached hydrogens (tertiary/aromatic N) is 1. The number of rotatable bonds is 2. The molecule has 2 N–H and O–H groups in total. The number of pyridine rings is 1. The highest BCUT2D eigenvalue weighted by molar-refractivity contribution is 6.60. The zero-order valence-corrected chi connectivity index (χ0v) is 8.02. The molecule has 0 radical (unpaired) electrons. The van der Waals surface area contributed by atoms with Gasteiger partial charge in [-0.2, -0.15) is 0 Å². The smallest absolute Gasteiger partial charge is 0.465 e. The van der Waals surface area contributed by atoms with Gasteiger partial charge in [0.15, 0.2) is 0 Å². The Hall–Kier alpha value is -1.11. The van der Waals surface area contributed by atoms with E-state index in [0.717, 1.165) is 6.20 Å². The first kappa shape index (κ1) is 11.0. The third kappa shape index (κ3) is 2.23. The Bertz CT molecular complexity index is 358. The van der Waals surface area contributed by atoms with Crippen molar-refractivity contribution in [1.29, 1.82) is 0 Å². The fourth-order valence-electron chi connectivity index (χ4n) is 0.933. The van der Waals surface area contributed by atoms with Crippen LogP contribution in [-0.4, -0.2) is 35.2 Å². The van der Waals surface area contributed by atoms with Crippen LogP contribution in [0.2, 0.25) is 5.15 Å². The lowest BCUT2D eigenvalue weighted by atomic mass is 9.78. The van der Waals surface area contributed by atoms with Crippen molar-refractivity contribution in [2.75, 3.05) is 7.11 Å².